The average Bonchev–Trinajstić information content (AvgIpc) is 2.91. The molecule has 0 fully saturated rings. The first kappa shape index (κ1) is 15.6. The van der Waals surface area contributed by atoms with E-state index in [1.807, 2.05) is 26.8 Å². The van der Waals surface area contributed by atoms with Gasteiger partial charge in [-0.15, -0.1) is 0 Å². The van der Waals surface area contributed by atoms with Crippen LogP contribution in [0.25, 0.3) is 0 Å². The van der Waals surface area contributed by atoms with Gasteiger partial charge >= 0.3 is 0 Å². The summed E-state index contributed by atoms with van der Waals surface area (Å²) in [6, 6.07) is 1.85. The van der Waals surface area contributed by atoms with E-state index in [-0.39, 0.29) is 18.1 Å². The summed E-state index contributed by atoms with van der Waals surface area (Å²) in [5.74, 6) is 0.557. The van der Waals surface area contributed by atoms with Gasteiger partial charge in [-0.3, -0.25) is 9.89 Å². The highest BCUT2D eigenvalue weighted by Crippen LogP contribution is 2.29. The van der Waals surface area contributed by atoms with Crippen LogP contribution in [0.5, 0.6) is 0 Å². The van der Waals surface area contributed by atoms with Crippen LogP contribution in [0.4, 0.5) is 0 Å². The Morgan fingerprint density at radius 2 is 2.30 bits per heavy atom. The lowest BCUT2D eigenvalue weighted by Crippen LogP contribution is -2.29. The first-order valence-corrected chi connectivity index (χ1v) is 7.84. The van der Waals surface area contributed by atoms with E-state index in [2.05, 4.69) is 25.5 Å². The van der Waals surface area contributed by atoms with Crippen molar-refractivity contribution in [1.29, 1.82) is 0 Å². The SMILES string of the molecule is Cc1ccnc(CCNC(=O)c2n[nH]c3c2C[C@@H](C)O[C@H]3C)n1. The van der Waals surface area contributed by atoms with Gasteiger partial charge in [0.2, 0.25) is 0 Å². The molecule has 0 unspecified atom stereocenters. The second-order valence-corrected chi connectivity index (χ2v) is 5.88. The maximum absolute atomic E-state index is 12.4. The molecule has 0 radical (unpaired) electrons. The molecule has 3 rings (SSSR count). The summed E-state index contributed by atoms with van der Waals surface area (Å²) in [4.78, 5) is 20.9. The number of nitrogens with one attached hydrogen (secondary N) is 2. The zero-order chi connectivity index (χ0) is 16.4. The van der Waals surface area contributed by atoms with Gasteiger partial charge in [0, 0.05) is 36.8 Å². The van der Waals surface area contributed by atoms with Gasteiger partial charge in [0.1, 0.15) is 5.82 Å². The van der Waals surface area contributed by atoms with E-state index in [1.54, 1.807) is 6.20 Å². The second-order valence-electron chi connectivity index (χ2n) is 5.88. The van der Waals surface area contributed by atoms with E-state index in [1.165, 1.54) is 0 Å². The number of fused-ring (bicyclic) bond motifs is 1. The molecule has 1 amide bonds. The monoisotopic (exact) mass is 315 g/mol. The minimum absolute atomic E-state index is 0.0662. The number of aromatic nitrogens is 4. The second kappa shape index (κ2) is 6.45. The predicted molar refractivity (Wildman–Crippen MR) is 84.1 cm³/mol. The highest BCUT2D eigenvalue weighted by Gasteiger charge is 2.29. The minimum atomic E-state index is -0.170. The largest absolute Gasteiger partial charge is 0.369 e. The van der Waals surface area contributed by atoms with Crippen LogP contribution < -0.4 is 5.32 Å². The first-order valence-electron chi connectivity index (χ1n) is 7.84. The molecule has 3 heterocycles. The van der Waals surface area contributed by atoms with Gasteiger partial charge < -0.3 is 10.1 Å². The normalized spacial score (nSPS) is 20.1. The molecule has 0 aromatic carbocycles. The van der Waals surface area contributed by atoms with E-state index in [9.17, 15) is 4.79 Å². The lowest BCUT2D eigenvalue weighted by Gasteiger charge is -2.25. The predicted octanol–water partition coefficient (Wildman–Crippen LogP) is 1.50. The van der Waals surface area contributed by atoms with Crippen molar-refractivity contribution in [2.75, 3.05) is 6.54 Å². The molecule has 0 spiro atoms. The molecule has 1 aliphatic heterocycles. The van der Waals surface area contributed by atoms with Crippen molar-refractivity contribution in [2.45, 2.75) is 45.8 Å². The Kier molecular flexibility index (Phi) is 4.38. The van der Waals surface area contributed by atoms with Gasteiger partial charge in [-0.1, -0.05) is 0 Å². The molecule has 0 bridgehead atoms. The number of ether oxygens (including phenoxy) is 1. The van der Waals surface area contributed by atoms with E-state index in [0.717, 1.165) is 22.8 Å². The highest BCUT2D eigenvalue weighted by atomic mass is 16.5. The standard InChI is InChI=1S/C16H21N5O2/c1-9-4-6-17-13(19-9)5-7-18-16(22)15-12-8-10(2)23-11(3)14(12)20-21-15/h4,6,10-11H,5,7-8H2,1-3H3,(H,18,22)(H,20,21)/t10-,11+/m1/s1. The van der Waals surface area contributed by atoms with Crippen LogP contribution >= 0.6 is 0 Å². The van der Waals surface area contributed by atoms with Crippen LogP contribution in [0.1, 0.15) is 53.2 Å². The third kappa shape index (κ3) is 3.39. The van der Waals surface area contributed by atoms with Crippen molar-refractivity contribution in [3.63, 3.8) is 0 Å². The van der Waals surface area contributed by atoms with Crippen molar-refractivity contribution >= 4 is 5.91 Å². The molecule has 7 nitrogen and oxygen atoms in total. The summed E-state index contributed by atoms with van der Waals surface area (Å²) in [5.41, 5.74) is 3.24. The molecular weight excluding hydrogens is 294 g/mol. The van der Waals surface area contributed by atoms with Gasteiger partial charge in [0.25, 0.3) is 5.91 Å². The number of H-pyrrole nitrogens is 1. The van der Waals surface area contributed by atoms with Gasteiger partial charge in [0.15, 0.2) is 5.69 Å². The Labute approximate surface area is 134 Å². The fourth-order valence-electron chi connectivity index (χ4n) is 2.85. The maximum atomic E-state index is 12.4. The highest BCUT2D eigenvalue weighted by molar-refractivity contribution is 5.94. The summed E-state index contributed by atoms with van der Waals surface area (Å²) >= 11 is 0. The quantitative estimate of drug-likeness (QED) is 0.892. The summed E-state index contributed by atoms with van der Waals surface area (Å²) in [5, 5.41) is 10.00. The molecule has 23 heavy (non-hydrogen) atoms. The summed E-state index contributed by atoms with van der Waals surface area (Å²) < 4.78 is 5.74. The molecule has 2 aromatic heterocycles. The number of rotatable bonds is 4. The number of carbonyl (C=O) groups is 1. The molecule has 122 valence electrons. The Bertz CT molecular complexity index is 712. The van der Waals surface area contributed by atoms with Crippen molar-refractivity contribution in [3.8, 4) is 0 Å². The molecule has 7 heteroatoms. The molecule has 0 saturated carbocycles. The zero-order valence-corrected chi connectivity index (χ0v) is 13.6. The Morgan fingerprint density at radius 1 is 1.48 bits per heavy atom. The summed E-state index contributed by atoms with van der Waals surface area (Å²) in [6.45, 7) is 6.36. The summed E-state index contributed by atoms with van der Waals surface area (Å²) in [7, 11) is 0. The van der Waals surface area contributed by atoms with E-state index >= 15 is 0 Å². The van der Waals surface area contributed by atoms with E-state index in [0.29, 0.717) is 25.1 Å². The topological polar surface area (TPSA) is 92.8 Å². The van der Waals surface area contributed by atoms with Crippen LogP contribution in [-0.4, -0.2) is 38.7 Å². The fourth-order valence-corrected chi connectivity index (χ4v) is 2.85. The number of carbonyl (C=O) groups excluding carboxylic acids is 1. The lowest BCUT2D eigenvalue weighted by atomic mass is 9.99. The Morgan fingerprint density at radius 3 is 3.09 bits per heavy atom. The van der Waals surface area contributed by atoms with E-state index in [4.69, 9.17) is 4.74 Å². The van der Waals surface area contributed by atoms with Gasteiger partial charge in [0.05, 0.1) is 17.9 Å². The van der Waals surface area contributed by atoms with Crippen molar-refractivity contribution < 1.29 is 9.53 Å². The smallest absolute Gasteiger partial charge is 0.272 e. The van der Waals surface area contributed by atoms with Crippen molar-refractivity contribution in [3.05, 3.63) is 40.7 Å². The van der Waals surface area contributed by atoms with Crippen LogP contribution in [0.2, 0.25) is 0 Å². The van der Waals surface area contributed by atoms with Crippen LogP contribution in [0, 0.1) is 6.92 Å². The molecular formula is C16H21N5O2. The number of aryl methyl sites for hydroxylation is 1. The maximum Gasteiger partial charge on any atom is 0.272 e. The molecule has 1 aliphatic rings. The number of aromatic amines is 1. The molecule has 0 saturated heterocycles. The van der Waals surface area contributed by atoms with Crippen LogP contribution in [0.3, 0.4) is 0 Å². The Hall–Kier alpha value is -2.28. The third-order valence-electron chi connectivity index (χ3n) is 3.93. The van der Waals surface area contributed by atoms with Crippen molar-refractivity contribution in [1.82, 2.24) is 25.5 Å². The number of hydrogen-bond donors (Lipinski definition) is 2. The van der Waals surface area contributed by atoms with Gasteiger partial charge in [-0.2, -0.15) is 5.10 Å². The van der Waals surface area contributed by atoms with Gasteiger partial charge in [-0.25, -0.2) is 9.97 Å². The molecule has 0 aliphatic carbocycles. The molecule has 2 atom stereocenters. The van der Waals surface area contributed by atoms with Crippen LogP contribution in [0.15, 0.2) is 12.3 Å². The Balaban J connectivity index is 1.63. The number of amides is 1. The fraction of sp³-hybridized carbons (Fsp3) is 0.500. The van der Waals surface area contributed by atoms with Crippen LogP contribution in [-0.2, 0) is 17.6 Å². The van der Waals surface area contributed by atoms with E-state index < -0.39 is 0 Å². The van der Waals surface area contributed by atoms with Crippen molar-refractivity contribution in [2.24, 2.45) is 0 Å². The number of nitrogens with zero attached hydrogens (tertiary/aromatic N) is 3. The third-order valence-corrected chi connectivity index (χ3v) is 3.93. The summed E-state index contributed by atoms with van der Waals surface area (Å²) in [6.07, 6.45) is 3.04. The average molecular weight is 315 g/mol. The lowest BCUT2D eigenvalue weighted by molar-refractivity contribution is -0.00697. The van der Waals surface area contributed by atoms with Gasteiger partial charge in [-0.05, 0) is 26.8 Å². The number of hydrogen-bond acceptors (Lipinski definition) is 5. The molecule has 2 aromatic rings. The minimum Gasteiger partial charge on any atom is -0.369 e. The first-order chi connectivity index (χ1) is 11.0. The molecule has 2 N–H and O–H groups in total. The zero-order valence-electron chi connectivity index (χ0n) is 13.6.